The Hall–Kier alpha value is -2.60. The predicted molar refractivity (Wildman–Crippen MR) is 128 cm³/mol. The summed E-state index contributed by atoms with van der Waals surface area (Å²) < 4.78 is 30.1. The fourth-order valence-corrected chi connectivity index (χ4v) is 6.94. The van der Waals surface area contributed by atoms with E-state index in [9.17, 15) is 23.8 Å². The van der Waals surface area contributed by atoms with Gasteiger partial charge in [-0.1, -0.05) is 18.2 Å². The van der Waals surface area contributed by atoms with Gasteiger partial charge in [-0.15, -0.1) is 10.8 Å². The molecule has 0 radical (unpaired) electrons. The van der Waals surface area contributed by atoms with Crippen molar-refractivity contribution < 1.29 is 23.7 Å². The highest BCUT2D eigenvalue weighted by Crippen LogP contribution is 2.50. The summed E-state index contributed by atoms with van der Waals surface area (Å²) in [5.41, 5.74) is -0.291. The van der Waals surface area contributed by atoms with Crippen LogP contribution in [0.3, 0.4) is 0 Å². The quantitative estimate of drug-likeness (QED) is 0.513. The Kier molecular flexibility index (Phi) is 6.05. The summed E-state index contributed by atoms with van der Waals surface area (Å²) in [6, 6.07) is 7.21. The average Bonchev–Trinajstić information content (AvgIpc) is 3.29. The first kappa shape index (κ1) is 23.2. The van der Waals surface area contributed by atoms with E-state index in [0.29, 0.717) is 36.0 Å². The Bertz CT molecular complexity index is 1160. The number of ether oxygens (including phenoxy) is 1. The van der Waals surface area contributed by atoms with Crippen LogP contribution in [-0.4, -0.2) is 48.6 Å². The first-order chi connectivity index (χ1) is 16.3. The van der Waals surface area contributed by atoms with Crippen molar-refractivity contribution in [2.75, 3.05) is 23.2 Å². The molecule has 4 N–H and O–H groups in total. The number of amides is 1. The Balaban J connectivity index is 1.42. The topological polar surface area (TPSA) is 137 Å². The van der Waals surface area contributed by atoms with Crippen LogP contribution in [0.1, 0.15) is 60.4 Å². The summed E-state index contributed by atoms with van der Waals surface area (Å²) in [6.07, 6.45) is 4.94. The standard InChI is InChI=1S/C23H30N4O6S/c28-19-18(25-22-23(9-3-4-10-23)33-13-12-26(22)21(19)30)20(29)24-15-16-7-1-2-8-17(16)27-11-5-6-14-34(27,31)32/h1-2,7-8,28,31-32H,3-6,9-15H2,(H,24,29). The number of nitrogens with one attached hydrogen (secondary N) is 1. The van der Waals surface area contributed by atoms with Gasteiger partial charge in [-0.3, -0.25) is 27.6 Å². The monoisotopic (exact) mass is 490 g/mol. The molecule has 1 saturated carbocycles. The molecule has 2 fully saturated rings. The van der Waals surface area contributed by atoms with E-state index >= 15 is 0 Å². The lowest BCUT2D eigenvalue weighted by atomic mass is 9.99. The first-order valence-electron chi connectivity index (χ1n) is 11.7. The number of anilines is 1. The van der Waals surface area contributed by atoms with E-state index in [4.69, 9.17) is 4.74 Å². The van der Waals surface area contributed by atoms with Crippen molar-refractivity contribution in [3.05, 3.63) is 51.7 Å². The lowest BCUT2D eigenvalue weighted by Gasteiger charge is -2.48. The molecular weight excluding hydrogens is 460 g/mol. The van der Waals surface area contributed by atoms with Crippen LogP contribution >= 0.6 is 10.8 Å². The molecule has 2 aliphatic heterocycles. The molecule has 184 valence electrons. The Morgan fingerprint density at radius 1 is 1.15 bits per heavy atom. The van der Waals surface area contributed by atoms with E-state index in [1.165, 1.54) is 4.57 Å². The van der Waals surface area contributed by atoms with Crippen molar-refractivity contribution in [1.82, 2.24) is 14.9 Å². The first-order valence-corrected chi connectivity index (χ1v) is 13.4. The molecule has 1 saturated heterocycles. The smallest absolute Gasteiger partial charge is 0.296 e. The molecule has 1 aromatic heterocycles. The normalized spacial score (nSPS) is 21.8. The molecule has 3 heterocycles. The van der Waals surface area contributed by atoms with Gasteiger partial charge in [0.15, 0.2) is 5.69 Å². The number of aromatic hydroxyl groups is 1. The van der Waals surface area contributed by atoms with Crippen LogP contribution in [0.15, 0.2) is 29.1 Å². The number of hydrogen-bond acceptors (Lipinski definition) is 8. The molecule has 0 unspecified atom stereocenters. The van der Waals surface area contributed by atoms with Gasteiger partial charge in [-0.25, -0.2) is 4.98 Å². The van der Waals surface area contributed by atoms with Gasteiger partial charge in [0, 0.05) is 13.1 Å². The third kappa shape index (κ3) is 3.96. The van der Waals surface area contributed by atoms with Gasteiger partial charge in [0.05, 0.1) is 24.6 Å². The molecular formula is C23H30N4O6S. The zero-order valence-electron chi connectivity index (χ0n) is 18.9. The van der Waals surface area contributed by atoms with Crippen LogP contribution in [0.25, 0.3) is 0 Å². The van der Waals surface area contributed by atoms with Crippen LogP contribution in [0.2, 0.25) is 0 Å². The lowest BCUT2D eigenvalue weighted by molar-refractivity contribution is -0.0789. The van der Waals surface area contributed by atoms with Crippen LogP contribution < -0.4 is 15.2 Å². The summed E-state index contributed by atoms with van der Waals surface area (Å²) in [4.78, 5) is 30.4. The van der Waals surface area contributed by atoms with E-state index in [1.54, 1.807) is 16.4 Å². The van der Waals surface area contributed by atoms with Crippen molar-refractivity contribution in [3.8, 4) is 5.75 Å². The summed E-state index contributed by atoms with van der Waals surface area (Å²) in [5, 5.41) is 13.3. The highest BCUT2D eigenvalue weighted by molar-refractivity contribution is 8.25. The van der Waals surface area contributed by atoms with E-state index in [-0.39, 0.29) is 18.8 Å². The minimum absolute atomic E-state index is 0.0716. The fourth-order valence-electron chi connectivity index (χ4n) is 5.22. The second-order valence-corrected chi connectivity index (χ2v) is 11.2. The molecule has 1 amide bonds. The van der Waals surface area contributed by atoms with E-state index in [1.807, 2.05) is 12.1 Å². The number of nitrogens with zero attached hydrogens (tertiary/aromatic N) is 3. The third-order valence-electron chi connectivity index (χ3n) is 6.95. The molecule has 0 bridgehead atoms. The summed E-state index contributed by atoms with van der Waals surface area (Å²) in [5.74, 6) is -0.618. The van der Waals surface area contributed by atoms with Crippen molar-refractivity contribution in [3.63, 3.8) is 0 Å². The highest BCUT2D eigenvalue weighted by Gasteiger charge is 2.44. The van der Waals surface area contributed by atoms with Gasteiger partial charge in [0.1, 0.15) is 11.4 Å². The van der Waals surface area contributed by atoms with E-state index in [2.05, 4.69) is 10.3 Å². The molecule has 3 aliphatic rings. The fraction of sp³-hybridized carbons (Fsp3) is 0.522. The van der Waals surface area contributed by atoms with E-state index < -0.39 is 33.6 Å². The van der Waals surface area contributed by atoms with Crippen LogP contribution in [0, 0.1) is 0 Å². The maximum atomic E-state index is 13.1. The second-order valence-electron chi connectivity index (χ2n) is 9.10. The largest absolute Gasteiger partial charge is 0.501 e. The molecule has 2 aromatic rings. The van der Waals surface area contributed by atoms with Gasteiger partial charge >= 0.3 is 0 Å². The highest BCUT2D eigenvalue weighted by atomic mass is 32.3. The lowest BCUT2D eigenvalue weighted by Crippen LogP contribution is -2.44. The van der Waals surface area contributed by atoms with Crippen LogP contribution in [0.4, 0.5) is 5.69 Å². The van der Waals surface area contributed by atoms with Gasteiger partial charge in [0.2, 0.25) is 5.75 Å². The third-order valence-corrected chi connectivity index (χ3v) is 8.88. The summed E-state index contributed by atoms with van der Waals surface area (Å²) >= 11 is 0. The number of carbonyl (C=O) groups is 1. The molecule has 1 spiro atoms. The van der Waals surface area contributed by atoms with Crippen molar-refractivity contribution in [1.29, 1.82) is 0 Å². The molecule has 5 rings (SSSR count). The minimum Gasteiger partial charge on any atom is -0.501 e. The Labute approximate surface area is 199 Å². The number of rotatable bonds is 4. The van der Waals surface area contributed by atoms with Gasteiger partial charge < -0.3 is 15.2 Å². The number of fused-ring (bicyclic) bond motifs is 2. The minimum atomic E-state index is -2.92. The van der Waals surface area contributed by atoms with Gasteiger partial charge in [-0.2, -0.15) is 0 Å². The maximum Gasteiger partial charge on any atom is 0.296 e. The zero-order valence-corrected chi connectivity index (χ0v) is 19.7. The van der Waals surface area contributed by atoms with Crippen LogP contribution in [0.5, 0.6) is 5.75 Å². The van der Waals surface area contributed by atoms with Crippen molar-refractivity contribution in [2.45, 2.75) is 57.2 Å². The molecule has 0 atom stereocenters. The number of para-hydroxylation sites is 1. The summed E-state index contributed by atoms with van der Waals surface area (Å²) in [6.45, 7) is 1.24. The van der Waals surface area contributed by atoms with Crippen molar-refractivity contribution in [2.24, 2.45) is 0 Å². The SMILES string of the molecule is O=C(NCc1ccccc1N1CCCCS1(O)O)c1nc2n(c(=O)c1O)CCOC21CCCC1. The van der Waals surface area contributed by atoms with Crippen molar-refractivity contribution >= 4 is 22.4 Å². The Morgan fingerprint density at radius 3 is 2.68 bits per heavy atom. The average molecular weight is 491 g/mol. The Morgan fingerprint density at radius 2 is 1.91 bits per heavy atom. The zero-order chi connectivity index (χ0) is 23.9. The second kappa shape index (κ2) is 8.88. The van der Waals surface area contributed by atoms with Gasteiger partial charge in [-0.05, 0) is 50.2 Å². The number of hydrogen-bond donors (Lipinski definition) is 4. The summed E-state index contributed by atoms with van der Waals surface area (Å²) in [7, 11) is -2.92. The predicted octanol–water partition coefficient (Wildman–Crippen LogP) is 2.94. The maximum absolute atomic E-state index is 13.1. The molecule has 10 nitrogen and oxygen atoms in total. The molecule has 1 aromatic carbocycles. The van der Waals surface area contributed by atoms with E-state index in [0.717, 1.165) is 38.5 Å². The van der Waals surface area contributed by atoms with Crippen LogP contribution in [-0.2, 0) is 23.4 Å². The number of benzene rings is 1. The molecule has 34 heavy (non-hydrogen) atoms. The van der Waals surface area contributed by atoms with Gasteiger partial charge in [0.25, 0.3) is 11.5 Å². The number of carbonyl (C=O) groups excluding carboxylic acids is 1. The number of aromatic nitrogens is 2. The molecule has 1 aliphatic carbocycles. The molecule has 11 heteroatoms.